The first-order valence-electron chi connectivity index (χ1n) is 5.37. The Morgan fingerprint density at radius 2 is 1.71 bits per heavy atom. The summed E-state index contributed by atoms with van der Waals surface area (Å²) in [4.78, 5) is 21.6. The average molecular weight is 262 g/mol. The van der Waals surface area contributed by atoms with Crippen LogP contribution in [0.15, 0.2) is 0 Å². The second-order valence-electron chi connectivity index (χ2n) is 5.40. The Morgan fingerprint density at radius 1 is 1.24 bits per heavy atom. The van der Waals surface area contributed by atoms with Crippen molar-refractivity contribution in [1.82, 2.24) is 0 Å². The fourth-order valence-corrected chi connectivity index (χ4v) is 1.82. The molecule has 6 nitrogen and oxygen atoms in total. The number of rotatable bonds is 5. The van der Waals surface area contributed by atoms with E-state index in [1.165, 1.54) is 0 Å². The Balaban J connectivity index is 4.51. The third-order valence-corrected chi connectivity index (χ3v) is 7.48. The van der Waals surface area contributed by atoms with E-state index >= 15 is 0 Å². The monoisotopic (exact) mass is 262 g/mol. The van der Waals surface area contributed by atoms with Gasteiger partial charge in [0.25, 0.3) is 5.91 Å². The number of primary amides is 2. The minimum absolute atomic E-state index is 0.00190. The summed E-state index contributed by atoms with van der Waals surface area (Å²) in [6.07, 6.45) is -2.16. The number of ether oxygens (including phenoxy) is 1. The largest absolute Gasteiger partial charge is 0.434 e. The Hall–Kier alpha value is -1.08. The predicted octanol–water partition coefficient (Wildman–Crippen LogP) is 0.957. The topological polar surface area (TPSA) is 105 Å². The van der Waals surface area contributed by atoms with Crippen LogP contribution in [0.25, 0.3) is 0 Å². The van der Waals surface area contributed by atoms with Crippen molar-refractivity contribution in [3.63, 3.8) is 0 Å². The molecular formula is C10H22N2O4Si. The third kappa shape index (κ3) is 5.18. The van der Waals surface area contributed by atoms with Gasteiger partial charge in [0, 0.05) is 0 Å². The quantitative estimate of drug-likeness (QED) is 0.720. The summed E-state index contributed by atoms with van der Waals surface area (Å²) in [7, 11) is -2.00. The first kappa shape index (κ1) is 15.9. The summed E-state index contributed by atoms with van der Waals surface area (Å²) in [5.41, 5.74) is 9.93. The number of hydrogen-bond acceptors (Lipinski definition) is 4. The van der Waals surface area contributed by atoms with E-state index in [2.05, 4.69) is 25.5 Å². The van der Waals surface area contributed by atoms with Gasteiger partial charge in [-0.3, -0.25) is 4.79 Å². The SMILES string of the molecule is CC(C)(C)[Si](C)(C)OCC(OC(N)=O)C(N)=O. The van der Waals surface area contributed by atoms with E-state index in [0.29, 0.717) is 0 Å². The molecule has 0 aromatic rings. The molecule has 4 N–H and O–H groups in total. The molecule has 0 aliphatic rings. The normalized spacial score (nSPS) is 14.2. The summed E-state index contributed by atoms with van der Waals surface area (Å²) in [5.74, 6) is -0.762. The molecule has 0 rings (SSSR count). The first-order valence-corrected chi connectivity index (χ1v) is 8.27. The van der Waals surface area contributed by atoms with E-state index in [0.717, 1.165) is 0 Å². The van der Waals surface area contributed by atoms with Gasteiger partial charge in [-0.05, 0) is 18.1 Å². The van der Waals surface area contributed by atoms with E-state index in [9.17, 15) is 9.59 Å². The number of carbonyl (C=O) groups is 2. The van der Waals surface area contributed by atoms with Crippen molar-refractivity contribution in [3.8, 4) is 0 Å². The van der Waals surface area contributed by atoms with Crippen LogP contribution in [0.5, 0.6) is 0 Å². The maximum absolute atomic E-state index is 11.0. The van der Waals surface area contributed by atoms with Gasteiger partial charge < -0.3 is 20.6 Å². The van der Waals surface area contributed by atoms with E-state index in [1.807, 2.05) is 13.1 Å². The van der Waals surface area contributed by atoms with Gasteiger partial charge in [-0.25, -0.2) is 4.79 Å². The van der Waals surface area contributed by atoms with Crippen LogP contribution in [0.1, 0.15) is 20.8 Å². The third-order valence-electron chi connectivity index (χ3n) is 2.98. The smallest absolute Gasteiger partial charge is 0.405 e. The lowest BCUT2D eigenvalue weighted by Crippen LogP contribution is -2.46. The Bertz CT molecular complexity index is 299. The lowest BCUT2D eigenvalue weighted by atomic mass is 10.2. The van der Waals surface area contributed by atoms with Crippen molar-refractivity contribution in [3.05, 3.63) is 0 Å². The zero-order valence-electron chi connectivity index (χ0n) is 11.1. The van der Waals surface area contributed by atoms with Crippen LogP contribution in [-0.2, 0) is 14.0 Å². The highest BCUT2D eigenvalue weighted by molar-refractivity contribution is 6.74. The van der Waals surface area contributed by atoms with E-state index in [-0.39, 0.29) is 11.6 Å². The highest BCUT2D eigenvalue weighted by Crippen LogP contribution is 2.36. The lowest BCUT2D eigenvalue weighted by Gasteiger charge is -2.36. The van der Waals surface area contributed by atoms with Gasteiger partial charge in [-0.15, -0.1) is 0 Å². The van der Waals surface area contributed by atoms with Gasteiger partial charge in [0.15, 0.2) is 8.32 Å². The van der Waals surface area contributed by atoms with E-state index < -0.39 is 26.4 Å². The summed E-state index contributed by atoms with van der Waals surface area (Å²) in [6.45, 7) is 10.2. The second-order valence-corrected chi connectivity index (χ2v) is 10.2. The maximum Gasteiger partial charge on any atom is 0.405 e. The summed E-state index contributed by atoms with van der Waals surface area (Å²) < 4.78 is 10.3. The molecule has 0 radical (unpaired) electrons. The number of nitrogens with two attached hydrogens (primary N) is 2. The van der Waals surface area contributed by atoms with Crippen LogP contribution in [0.4, 0.5) is 4.79 Å². The van der Waals surface area contributed by atoms with Crippen molar-refractivity contribution >= 4 is 20.3 Å². The van der Waals surface area contributed by atoms with Crippen molar-refractivity contribution in [2.75, 3.05) is 6.61 Å². The first-order chi connectivity index (χ1) is 7.47. The van der Waals surface area contributed by atoms with Gasteiger partial charge in [0.05, 0.1) is 6.61 Å². The molecule has 0 spiro atoms. The summed E-state index contributed by atoms with van der Waals surface area (Å²) in [6, 6.07) is 0. The molecule has 0 saturated carbocycles. The molecule has 17 heavy (non-hydrogen) atoms. The van der Waals surface area contributed by atoms with Gasteiger partial charge in [0.1, 0.15) is 0 Å². The molecular weight excluding hydrogens is 240 g/mol. The van der Waals surface area contributed by atoms with Crippen LogP contribution in [0.3, 0.4) is 0 Å². The highest BCUT2D eigenvalue weighted by Gasteiger charge is 2.38. The molecule has 0 aromatic carbocycles. The molecule has 0 heterocycles. The molecule has 7 heteroatoms. The van der Waals surface area contributed by atoms with Crippen molar-refractivity contribution in [2.45, 2.75) is 45.0 Å². The zero-order chi connectivity index (χ0) is 13.9. The number of carbonyl (C=O) groups excluding carboxylic acids is 2. The van der Waals surface area contributed by atoms with Crippen molar-refractivity contribution in [1.29, 1.82) is 0 Å². The molecule has 1 atom stereocenters. The van der Waals surface area contributed by atoms with Crippen LogP contribution in [-0.4, -0.2) is 33.0 Å². The number of hydrogen-bond donors (Lipinski definition) is 2. The van der Waals surface area contributed by atoms with Gasteiger partial charge in [-0.2, -0.15) is 0 Å². The Morgan fingerprint density at radius 3 is 2.00 bits per heavy atom. The molecule has 2 amide bonds. The molecule has 1 unspecified atom stereocenters. The lowest BCUT2D eigenvalue weighted by molar-refractivity contribution is -0.127. The Kier molecular flexibility index (Phi) is 5.15. The fraction of sp³-hybridized carbons (Fsp3) is 0.800. The molecule has 0 aromatic heterocycles. The highest BCUT2D eigenvalue weighted by atomic mass is 28.4. The second kappa shape index (κ2) is 5.50. The summed E-state index contributed by atoms with van der Waals surface area (Å²) >= 11 is 0. The summed E-state index contributed by atoms with van der Waals surface area (Å²) in [5, 5.41) is 0.00190. The average Bonchev–Trinajstić information content (AvgIpc) is 2.09. The fourth-order valence-electron chi connectivity index (χ4n) is 0.815. The maximum atomic E-state index is 11.0. The van der Waals surface area contributed by atoms with Gasteiger partial charge in [-0.1, -0.05) is 20.8 Å². The number of amides is 2. The Labute approximate surface area is 103 Å². The molecule has 0 saturated heterocycles. The van der Waals surface area contributed by atoms with Gasteiger partial charge >= 0.3 is 6.09 Å². The van der Waals surface area contributed by atoms with Crippen LogP contribution in [0, 0.1) is 0 Å². The standard InChI is InChI=1S/C10H22N2O4Si/c1-10(2,3)17(4,5)15-6-7(8(11)13)16-9(12)14/h7H,6H2,1-5H3,(H2,11,13)(H2,12,14). The molecule has 0 aliphatic carbocycles. The van der Waals surface area contributed by atoms with E-state index in [4.69, 9.17) is 15.9 Å². The van der Waals surface area contributed by atoms with Crippen molar-refractivity contribution < 1.29 is 18.8 Å². The van der Waals surface area contributed by atoms with Crippen LogP contribution >= 0.6 is 0 Å². The molecule has 0 fully saturated rings. The molecule has 100 valence electrons. The molecule has 0 aliphatic heterocycles. The molecule has 0 bridgehead atoms. The van der Waals surface area contributed by atoms with Crippen molar-refractivity contribution in [2.24, 2.45) is 11.5 Å². The van der Waals surface area contributed by atoms with E-state index in [1.54, 1.807) is 0 Å². The van der Waals surface area contributed by atoms with Crippen LogP contribution < -0.4 is 11.5 Å². The minimum atomic E-state index is -2.00. The zero-order valence-corrected chi connectivity index (χ0v) is 12.1. The predicted molar refractivity (Wildman–Crippen MR) is 66.8 cm³/mol. The minimum Gasteiger partial charge on any atom is -0.434 e. The van der Waals surface area contributed by atoms with Gasteiger partial charge in [0.2, 0.25) is 6.10 Å². The van der Waals surface area contributed by atoms with Crippen LogP contribution in [0.2, 0.25) is 18.1 Å².